The molecule has 0 bridgehead atoms. The predicted molar refractivity (Wildman–Crippen MR) is 68.8 cm³/mol. The zero-order valence-electron chi connectivity index (χ0n) is 10.5. The van der Waals surface area contributed by atoms with Gasteiger partial charge < -0.3 is 10.1 Å². The average Bonchev–Trinajstić information content (AvgIpc) is 2.33. The molecule has 16 heavy (non-hydrogen) atoms. The van der Waals surface area contributed by atoms with Gasteiger partial charge in [-0.25, -0.2) is 0 Å². The van der Waals surface area contributed by atoms with Gasteiger partial charge in [0.2, 0.25) is 0 Å². The third-order valence-electron chi connectivity index (χ3n) is 2.54. The molecular weight excluding hydrogens is 198 g/mol. The number of para-hydroxylation sites is 1. The third kappa shape index (κ3) is 4.67. The fraction of sp³-hybridized carbons (Fsp3) is 0.571. The normalized spacial score (nSPS) is 10.4. The van der Waals surface area contributed by atoms with Crippen LogP contribution in [0.25, 0.3) is 0 Å². The largest absolute Gasteiger partial charge is 0.493 e. The van der Waals surface area contributed by atoms with E-state index in [1.807, 2.05) is 6.07 Å². The Morgan fingerprint density at radius 1 is 1.12 bits per heavy atom. The van der Waals surface area contributed by atoms with Crippen LogP contribution in [0.1, 0.15) is 38.7 Å². The Labute approximate surface area is 99.0 Å². The van der Waals surface area contributed by atoms with Gasteiger partial charge in [-0.05, 0) is 19.0 Å². The van der Waals surface area contributed by atoms with E-state index in [9.17, 15) is 0 Å². The number of hydrogen-bond donors (Lipinski definition) is 1. The molecule has 90 valence electrons. The lowest BCUT2D eigenvalue weighted by atomic mass is 10.2. The van der Waals surface area contributed by atoms with Crippen LogP contribution in [0.2, 0.25) is 0 Å². The molecule has 0 aromatic heterocycles. The van der Waals surface area contributed by atoms with Gasteiger partial charge in [0.05, 0.1) is 6.61 Å². The molecule has 2 nitrogen and oxygen atoms in total. The molecule has 0 aliphatic rings. The van der Waals surface area contributed by atoms with Gasteiger partial charge in [0.25, 0.3) is 0 Å². The van der Waals surface area contributed by atoms with Crippen molar-refractivity contribution in [3.8, 4) is 5.75 Å². The van der Waals surface area contributed by atoms with E-state index in [4.69, 9.17) is 4.74 Å². The predicted octanol–water partition coefficient (Wildman–Crippen LogP) is 3.37. The molecule has 2 heteroatoms. The standard InChI is InChI=1S/C14H23NO/c1-3-5-8-11-16-14-10-7-6-9-13(14)12-15-4-2/h6-7,9-10,15H,3-5,8,11-12H2,1-2H3. The molecule has 0 saturated carbocycles. The Morgan fingerprint density at radius 3 is 2.69 bits per heavy atom. The van der Waals surface area contributed by atoms with Crippen LogP contribution < -0.4 is 10.1 Å². The maximum atomic E-state index is 5.80. The number of rotatable bonds is 8. The molecule has 0 saturated heterocycles. The van der Waals surface area contributed by atoms with Crippen LogP contribution in [0, 0.1) is 0 Å². The number of benzene rings is 1. The third-order valence-corrected chi connectivity index (χ3v) is 2.54. The van der Waals surface area contributed by atoms with Gasteiger partial charge >= 0.3 is 0 Å². The second-order valence-corrected chi connectivity index (χ2v) is 3.94. The van der Waals surface area contributed by atoms with Gasteiger partial charge in [-0.15, -0.1) is 0 Å². The maximum Gasteiger partial charge on any atom is 0.123 e. The summed E-state index contributed by atoms with van der Waals surface area (Å²) in [6, 6.07) is 8.27. The Bertz CT molecular complexity index is 286. The summed E-state index contributed by atoms with van der Waals surface area (Å²) in [5.74, 6) is 1.03. The summed E-state index contributed by atoms with van der Waals surface area (Å²) in [6.07, 6.45) is 3.63. The molecule has 0 unspecified atom stereocenters. The highest BCUT2D eigenvalue weighted by Crippen LogP contribution is 2.18. The molecule has 1 N–H and O–H groups in total. The van der Waals surface area contributed by atoms with E-state index in [1.165, 1.54) is 18.4 Å². The first kappa shape index (κ1) is 13.0. The minimum absolute atomic E-state index is 0.830. The summed E-state index contributed by atoms with van der Waals surface area (Å²) < 4.78 is 5.80. The monoisotopic (exact) mass is 221 g/mol. The van der Waals surface area contributed by atoms with Gasteiger partial charge in [0.1, 0.15) is 5.75 Å². The van der Waals surface area contributed by atoms with Gasteiger partial charge in [0.15, 0.2) is 0 Å². The van der Waals surface area contributed by atoms with Gasteiger partial charge in [-0.2, -0.15) is 0 Å². The van der Waals surface area contributed by atoms with Crippen LogP contribution in [-0.4, -0.2) is 13.2 Å². The molecule has 0 amide bonds. The fourth-order valence-corrected chi connectivity index (χ4v) is 1.58. The van der Waals surface area contributed by atoms with E-state index in [0.29, 0.717) is 0 Å². The summed E-state index contributed by atoms with van der Waals surface area (Å²) in [5, 5.41) is 3.33. The highest BCUT2D eigenvalue weighted by Gasteiger charge is 2.01. The van der Waals surface area contributed by atoms with E-state index < -0.39 is 0 Å². The van der Waals surface area contributed by atoms with Crippen molar-refractivity contribution in [3.63, 3.8) is 0 Å². The fourth-order valence-electron chi connectivity index (χ4n) is 1.58. The van der Waals surface area contributed by atoms with Crippen molar-refractivity contribution in [2.45, 2.75) is 39.7 Å². The summed E-state index contributed by atoms with van der Waals surface area (Å²) >= 11 is 0. The van der Waals surface area contributed by atoms with Gasteiger partial charge in [-0.1, -0.05) is 44.9 Å². The Balaban J connectivity index is 2.43. The second-order valence-electron chi connectivity index (χ2n) is 3.94. The van der Waals surface area contributed by atoms with E-state index >= 15 is 0 Å². The first-order valence-electron chi connectivity index (χ1n) is 6.30. The number of nitrogens with one attached hydrogen (secondary N) is 1. The van der Waals surface area contributed by atoms with Crippen molar-refractivity contribution in [2.24, 2.45) is 0 Å². The van der Waals surface area contributed by atoms with Crippen LogP contribution >= 0.6 is 0 Å². The van der Waals surface area contributed by atoms with Crippen LogP contribution in [0.5, 0.6) is 5.75 Å². The number of ether oxygens (including phenoxy) is 1. The Kier molecular flexibility index (Phi) is 6.66. The first-order chi connectivity index (χ1) is 7.88. The lowest BCUT2D eigenvalue weighted by Crippen LogP contribution is -2.13. The molecule has 0 atom stereocenters. The molecule has 0 fully saturated rings. The quantitative estimate of drug-likeness (QED) is 0.680. The van der Waals surface area contributed by atoms with Crippen molar-refractivity contribution in [2.75, 3.05) is 13.2 Å². The summed E-state index contributed by atoms with van der Waals surface area (Å²) in [4.78, 5) is 0. The number of unbranched alkanes of at least 4 members (excludes halogenated alkanes) is 2. The van der Waals surface area contributed by atoms with Crippen molar-refractivity contribution in [1.82, 2.24) is 5.32 Å². The summed E-state index contributed by atoms with van der Waals surface area (Å²) in [6.45, 7) is 7.03. The van der Waals surface area contributed by atoms with E-state index in [-0.39, 0.29) is 0 Å². The van der Waals surface area contributed by atoms with Crippen LogP contribution in [0.3, 0.4) is 0 Å². The molecule has 0 heterocycles. The molecular formula is C14H23NO. The summed E-state index contributed by atoms with van der Waals surface area (Å²) in [7, 11) is 0. The molecule has 0 aliphatic heterocycles. The first-order valence-corrected chi connectivity index (χ1v) is 6.30. The smallest absolute Gasteiger partial charge is 0.123 e. The van der Waals surface area contributed by atoms with E-state index in [2.05, 4.69) is 37.4 Å². The summed E-state index contributed by atoms with van der Waals surface area (Å²) in [5.41, 5.74) is 1.25. The highest BCUT2D eigenvalue weighted by atomic mass is 16.5. The van der Waals surface area contributed by atoms with Crippen molar-refractivity contribution in [3.05, 3.63) is 29.8 Å². The molecule has 1 aromatic carbocycles. The van der Waals surface area contributed by atoms with Crippen molar-refractivity contribution in [1.29, 1.82) is 0 Å². The Morgan fingerprint density at radius 2 is 1.94 bits per heavy atom. The molecule has 1 rings (SSSR count). The molecule has 0 spiro atoms. The highest BCUT2D eigenvalue weighted by molar-refractivity contribution is 5.33. The lowest BCUT2D eigenvalue weighted by Gasteiger charge is -2.11. The van der Waals surface area contributed by atoms with Crippen LogP contribution in [0.15, 0.2) is 24.3 Å². The van der Waals surface area contributed by atoms with Crippen LogP contribution in [-0.2, 0) is 6.54 Å². The van der Waals surface area contributed by atoms with Crippen molar-refractivity contribution >= 4 is 0 Å². The Hall–Kier alpha value is -1.02. The van der Waals surface area contributed by atoms with Gasteiger partial charge in [-0.3, -0.25) is 0 Å². The molecule has 0 aliphatic carbocycles. The molecule has 1 aromatic rings. The van der Waals surface area contributed by atoms with Gasteiger partial charge in [0, 0.05) is 12.1 Å². The van der Waals surface area contributed by atoms with Crippen molar-refractivity contribution < 1.29 is 4.74 Å². The minimum atomic E-state index is 0.830. The molecule has 0 radical (unpaired) electrons. The zero-order chi connectivity index (χ0) is 11.6. The van der Waals surface area contributed by atoms with E-state index in [0.717, 1.165) is 31.9 Å². The topological polar surface area (TPSA) is 21.3 Å². The SMILES string of the molecule is CCCCCOc1ccccc1CNCC. The zero-order valence-corrected chi connectivity index (χ0v) is 10.5. The lowest BCUT2D eigenvalue weighted by molar-refractivity contribution is 0.302. The second kappa shape index (κ2) is 8.17. The van der Waals surface area contributed by atoms with E-state index in [1.54, 1.807) is 0 Å². The minimum Gasteiger partial charge on any atom is -0.493 e. The number of hydrogen-bond acceptors (Lipinski definition) is 2. The van der Waals surface area contributed by atoms with Crippen LogP contribution in [0.4, 0.5) is 0 Å². The average molecular weight is 221 g/mol. The maximum absolute atomic E-state index is 5.80.